The van der Waals surface area contributed by atoms with Gasteiger partial charge < -0.3 is 19.7 Å². The molecule has 0 aliphatic carbocycles. The number of nitrogens with one attached hydrogen (secondary N) is 1. The molecule has 6 heteroatoms. The van der Waals surface area contributed by atoms with E-state index in [-0.39, 0.29) is 6.03 Å². The number of halogens is 1. The van der Waals surface area contributed by atoms with Crippen molar-refractivity contribution in [2.24, 2.45) is 0 Å². The first-order valence-corrected chi connectivity index (χ1v) is 8.07. The molecule has 24 heavy (non-hydrogen) atoms. The van der Waals surface area contributed by atoms with E-state index in [4.69, 9.17) is 21.1 Å². The van der Waals surface area contributed by atoms with Gasteiger partial charge in [0.25, 0.3) is 0 Å². The normalized spacial score (nSPS) is 12.6. The van der Waals surface area contributed by atoms with Crippen LogP contribution < -0.4 is 14.8 Å². The van der Waals surface area contributed by atoms with Gasteiger partial charge in [0.2, 0.25) is 0 Å². The number of carbonyl (C=O) groups excluding carboxylic acids is 1. The van der Waals surface area contributed by atoms with Crippen LogP contribution in [0.15, 0.2) is 36.4 Å². The van der Waals surface area contributed by atoms with Gasteiger partial charge in [0.15, 0.2) is 11.5 Å². The molecule has 0 unspecified atom stereocenters. The van der Waals surface area contributed by atoms with Crippen LogP contribution in [0.2, 0.25) is 5.02 Å². The third kappa shape index (κ3) is 3.74. The maximum atomic E-state index is 12.3. The lowest BCUT2D eigenvalue weighted by Crippen LogP contribution is -2.30. The zero-order valence-corrected chi connectivity index (χ0v) is 14.4. The number of fused-ring (bicyclic) bond motifs is 1. The average Bonchev–Trinajstić information content (AvgIpc) is 2.58. The molecule has 0 bridgehead atoms. The van der Waals surface area contributed by atoms with Gasteiger partial charge in [0.1, 0.15) is 13.2 Å². The minimum Gasteiger partial charge on any atom is -0.486 e. The predicted molar refractivity (Wildman–Crippen MR) is 94.1 cm³/mol. The lowest BCUT2D eigenvalue weighted by Gasteiger charge is -2.21. The summed E-state index contributed by atoms with van der Waals surface area (Å²) in [6.45, 7) is 3.48. The number of hydrogen-bond donors (Lipinski definition) is 1. The summed E-state index contributed by atoms with van der Waals surface area (Å²) in [5, 5.41) is 3.47. The van der Waals surface area contributed by atoms with Crippen molar-refractivity contribution in [1.29, 1.82) is 0 Å². The highest BCUT2D eigenvalue weighted by atomic mass is 35.5. The number of ether oxygens (including phenoxy) is 2. The number of urea groups is 1. The van der Waals surface area contributed by atoms with E-state index >= 15 is 0 Å². The Kier molecular flexibility index (Phi) is 4.81. The molecular weight excluding hydrogens is 328 g/mol. The molecule has 0 aromatic heterocycles. The van der Waals surface area contributed by atoms with Crippen molar-refractivity contribution in [2.45, 2.75) is 13.5 Å². The summed E-state index contributed by atoms with van der Waals surface area (Å²) in [4.78, 5) is 13.9. The molecule has 126 valence electrons. The molecule has 0 spiro atoms. The van der Waals surface area contributed by atoms with Crippen LogP contribution in [0.1, 0.15) is 11.1 Å². The Balaban J connectivity index is 1.64. The molecule has 0 saturated heterocycles. The fraction of sp³-hybridized carbons (Fsp3) is 0.278. The number of aryl methyl sites for hydroxylation is 1. The first kappa shape index (κ1) is 16.5. The zero-order valence-electron chi connectivity index (χ0n) is 13.6. The molecule has 2 aromatic carbocycles. The molecule has 2 amide bonds. The van der Waals surface area contributed by atoms with Crippen molar-refractivity contribution in [1.82, 2.24) is 4.90 Å². The van der Waals surface area contributed by atoms with E-state index < -0.39 is 0 Å². The van der Waals surface area contributed by atoms with Gasteiger partial charge >= 0.3 is 6.03 Å². The van der Waals surface area contributed by atoms with Crippen LogP contribution in [0.3, 0.4) is 0 Å². The minimum absolute atomic E-state index is 0.204. The number of rotatable bonds is 3. The van der Waals surface area contributed by atoms with Crippen LogP contribution in [0.25, 0.3) is 0 Å². The molecule has 0 fully saturated rings. The summed E-state index contributed by atoms with van der Waals surface area (Å²) in [5.74, 6) is 1.46. The van der Waals surface area contributed by atoms with Crippen molar-refractivity contribution >= 4 is 23.3 Å². The van der Waals surface area contributed by atoms with E-state index in [0.29, 0.717) is 30.5 Å². The second-order valence-corrected chi connectivity index (χ2v) is 6.14. The fourth-order valence-corrected chi connectivity index (χ4v) is 2.60. The lowest BCUT2D eigenvalue weighted by molar-refractivity contribution is 0.171. The zero-order chi connectivity index (χ0) is 17.1. The minimum atomic E-state index is -0.204. The predicted octanol–water partition coefficient (Wildman–Crippen LogP) is 4.08. The molecule has 1 aliphatic rings. The number of hydrogen-bond acceptors (Lipinski definition) is 3. The molecule has 0 saturated carbocycles. The third-order valence-electron chi connectivity index (χ3n) is 3.80. The summed E-state index contributed by atoms with van der Waals surface area (Å²) in [6.07, 6.45) is 0. The quantitative estimate of drug-likeness (QED) is 0.910. The molecule has 5 nitrogen and oxygen atoms in total. The number of amides is 2. The number of carbonyl (C=O) groups is 1. The van der Waals surface area contributed by atoms with Crippen molar-refractivity contribution < 1.29 is 14.3 Å². The summed E-state index contributed by atoms with van der Waals surface area (Å²) < 4.78 is 11.1. The maximum Gasteiger partial charge on any atom is 0.321 e. The highest BCUT2D eigenvalue weighted by Gasteiger charge is 2.14. The van der Waals surface area contributed by atoms with Crippen molar-refractivity contribution in [3.05, 3.63) is 52.5 Å². The van der Waals surface area contributed by atoms with E-state index in [9.17, 15) is 4.79 Å². The highest BCUT2D eigenvalue weighted by molar-refractivity contribution is 6.31. The topological polar surface area (TPSA) is 50.8 Å². The van der Waals surface area contributed by atoms with E-state index in [1.54, 1.807) is 18.0 Å². The van der Waals surface area contributed by atoms with Crippen LogP contribution in [0, 0.1) is 6.92 Å². The smallest absolute Gasteiger partial charge is 0.321 e. The van der Waals surface area contributed by atoms with E-state index in [1.807, 2.05) is 37.3 Å². The summed E-state index contributed by atoms with van der Waals surface area (Å²) in [5.41, 5.74) is 2.61. The number of benzene rings is 2. The molecule has 1 N–H and O–H groups in total. The lowest BCUT2D eigenvalue weighted by atomic mass is 10.2. The van der Waals surface area contributed by atoms with Crippen molar-refractivity contribution in [3.63, 3.8) is 0 Å². The van der Waals surface area contributed by atoms with Crippen LogP contribution in [-0.4, -0.2) is 31.2 Å². The van der Waals surface area contributed by atoms with Gasteiger partial charge in [-0.25, -0.2) is 4.79 Å². The monoisotopic (exact) mass is 346 g/mol. The van der Waals surface area contributed by atoms with Gasteiger partial charge in [-0.05, 0) is 42.3 Å². The standard InChI is InChI=1S/C18H19ClN2O3/c1-12-3-5-14(10-15(12)19)20-18(22)21(2)11-13-4-6-16-17(9-13)24-8-7-23-16/h3-6,9-10H,7-8,11H2,1-2H3,(H,20,22). The van der Waals surface area contributed by atoms with Crippen LogP contribution >= 0.6 is 11.6 Å². The largest absolute Gasteiger partial charge is 0.486 e. The van der Waals surface area contributed by atoms with Gasteiger partial charge in [-0.3, -0.25) is 0 Å². The van der Waals surface area contributed by atoms with E-state index in [1.165, 1.54) is 0 Å². The Morgan fingerprint density at radius 3 is 2.67 bits per heavy atom. The first-order valence-electron chi connectivity index (χ1n) is 7.70. The Morgan fingerprint density at radius 1 is 1.17 bits per heavy atom. The molecule has 2 aromatic rings. The SMILES string of the molecule is Cc1ccc(NC(=O)N(C)Cc2ccc3c(c2)OCCO3)cc1Cl. The second-order valence-electron chi connectivity index (χ2n) is 5.73. The molecule has 3 rings (SSSR count). The van der Waals surface area contributed by atoms with Crippen molar-refractivity contribution in [2.75, 3.05) is 25.6 Å². The van der Waals surface area contributed by atoms with Gasteiger partial charge in [-0.2, -0.15) is 0 Å². The number of anilines is 1. The Labute approximate surface area is 146 Å². The van der Waals surface area contributed by atoms with E-state index in [0.717, 1.165) is 22.6 Å². The molecule has 0 radical (unpaired) electrons. The molecule has 0 atom stereocenters. The second kappa shape index (κ2) is 7.01. The fourth-order valence-electron chi connectivity index (χ4n) is 2.42. The Bertz CT molecular complexity index is 764. The molecule has 1 aliphatic heterocycles. The first-order chi connectivity index (χ1) is 11.5. The highest BCUT2D eigenvalue weighted by Crippen LogP contribution is 2.31. The summed E-state index contributed by atoms with van der Waals surface area (Å²) in [7, 11) is 1.74. The van der Waals surface area contributed by atoms with Gasteiger partial charge in [-0.15, -0.1) is 0 Å². The van der Waals surface area contributed by atoms with Crippen molar-refractivity contribution in [3.8, 4) is 11.5 Å². The molecule has 1 heterocycles. The summed E-state index contributed by atoms with van der Waals surface area (Å²) >= 11 is 6.08. The van der Waals surface area contributed by atoms with Crippen LogP contribution in [0.5, 0.6) is 11.5 Å². The third-order valence-corrected chi connectivity index (χ3v) is 4.20. The van der Waals surface area contributed by atoms with E-state index in [2.05, 4.69) is 5.32 Å². The van der Waals surface area contributed by atoms with Crippen LogP contribution in [-0.2, 0) is 6.54 Å². The maximum absolute atomic E-state index is 12.3. The number of nitrogens with zero attached hydrogens (tertiary/aromatic N) is 1. The van der Waals surface area contributed by atoms with Gasteiger partial charge in [-0.1, -0.05) is 23.7 Å². The Hall–Kier alpha value is -2.40. The van der Waals surface area contributed by atoms with Gasteiger partial charge in [0, 0.05) is 24.3 Å². The van der Waals surface area contributed by atoms with Gasteiger partial charge in [0.05, 0.1) is 0 Å². The average molecular weight is 347 g/mol. The van der Waals surface area contributed by atoms with Crippen LogP contribution in [0.4, 0.5) is 10.5 Å². The summed E-state index contributed by atoms with van der Waals surface area (Å²) in [6, 6.07) is 10.9. The Morgan fingerprint density at radius 2 is 1.92 bits per heavy atom. The molecular formula is C18H19ClN2O3.